The lowest BCUT2D eigenvalue weighted by Gasteiger charge is -2.16. The summed E-state index contributed by atoms with van der Waals surface area (Å²) in [5.41, 5.74) is 0.795. The van der Waals surface area contributed by atoms with Gasteiger partial charge in [0.15, 0.2) is 0 Å². The normalized spacial score (nSPS) is 12.5. The van der Waals surface area contributed by atoms with Gasteiger partial charge in [-0.3, -0.25) is 4.79 Å². The van der Waals surface area contributed by atoms with Crippen molar-refractivity contribution in [3.63, 3.8) is 0 Å². The summed E-state index contributed by atoms with van der Waals surface area (Å²) in [4.78, 5) is 13.7. The molecule has 1 heterocycles. The van der Waals surface area contributed by atoms with Crippen LogP contribution in [0.3, 0.4) is 0 Å². The second kappa shape index (κ2) is 6.69. The zero-order chi connectivity index (χ0) is 12.8. The molecule has 1 unspecified atom stereocenters. The van der Waals surface area contributed by atoms with E-state index >= 15 is 0 Å². The molecule has 1 aromatic heterocycles. The minimum Gasteiger partial charge on any atom is -0.376 e. The summed E-state index contributed by atoms with van der Waals surface area (Å²) in [5, 5.41) is 4.20. The van der Waals surface area contributed by atoms with Crippen molar-refractivity contribution in [1.82, 2.24) is 9.78 Å². The minimum absolute atomic E-state index is 0.0425. The molecule has 0 saturated carbocycles. The molecule has 4 nitrogen and oxygen atoms in total. The fraction of sp³-hybridized carbons (Fsp3) is 0.667. The van der Waals surface area contributed by atoms with Crippen LogP contribution in [0.5, 0.6) is 0 Å². The molecule has 0 fully saturated rings. The Bertz CT molecular complexity index is 403. The van der Waals surface area contributed by atoms with Crippen molar-refractivity contribution in [2.75, 3.05) is 24.7 Å². The molecule has 0 aliphatic carbocycles. The van der Waals surface area contributed by atoms with Gasteiger partial charge in [-0.2, -0.15) is 17.7 Å². The molecule has 0 N–H and O–H groups in total. The summed E-state index contributed by atoms with van der Waals surface area (Å²) < 4.78 is 1.53. The average molecular weight is 255 g/mol. The second-order valence-electron chi connectivity index (χ2n) is 4.47. The molecule has 0 aliphatic heterocycles. The van der Waals surface area contributed by atoms with Crippen molar-refractivity contribution in [2.24, 2.45) is 5.92 Å². The Hall–Kier alpha value is -0.970. The van der Waals surface area contributed by atoms with Gasteiger partial charge >= 0.3 is 0 Å². The maximum Gasteiger partial charge on any atom is 0.268 e. The molecule has 0 spiro atoms. The van der Waals surface area contributed by atoms with Crippen molar-refractivity contribution < 1.29 is 0 Å². The number of hydrogen-bond acceptors (Lipinski definition) is 4. The highest BCUT2D eigenvalue weighted by atomic mass is 32.1. The van der Waals surface area contributed by atoms with Crippen LogP contribution in [-0.2, 0) is 6.54 Å². The molecule has 17 heavy (non-hydrogen) atoms. The standard InChI is InChI=1S/C12H21N3OS/c1-4-5-10(9-17)8-15-12(16)6-11(7-13-15)14(2)3/h6-7,10,17H,4-5,8-9H2,1-3H3. The first-order chi connectivity index (χ1) is 8.08. The van der Waals surface area contributed by atoms with Crippen LogP contribution in [0, 0.1) is 5.92 Å². The third-order valence-corrected chi connectivity index (χ3v) is 3.27. The van der Waals surface area contributed by atoms with Crippen LogP contribution in [0.25, 0.3) is 0 Å². The van der Waals surface area contributed by atoms with Crippen LogP contribution >= 0.6 is 12.6 Å². The highest BCUT2D eigenvalue weighted by Gasteiger charge is 2.09. The molecule has 0 radical (unpaired) electrons. The fourth-order valence-electron chi connectivity index (χ4n) is 1.70. The maximum absolute atomic E-state index is 11.8. The number of thiol groups is 1. The molecule has 0 aliphatic rings. The van der Waals surface area contributed by atoms with E-state index in [9.17, 15) is 4.79 Å². The molecular formula is C12H21N3OS. The van der Waals surface area contributed by atoms with Gasteiger partial charge in [0, 0.05) is 26.7 Å². The highest BCUT2D eigenvalue weighted by molar-refractivity contribution is 7.80. The summed E-state index contributed by atoms with van der Waals surface area (Å²) in [6.07, 6.45) is 3.91. The third kappa shape index (κ3) is 4.07. The molecule has 0 aromatic carbocycles. The van der Waals surface area contributed by atoms with Crippen LogP contribution in [0.15, 0.2) is 17.1 Å². The summed E-state index contributed by atoms with van der Waals surface area (Å²) in [7, 11) is 3.79. The average Bonchev–Trinajstić information content (AvgIpc) is 2.30. The van der Waals surface area contributed by atoms with Crippen LogP contribution in [0.2, 0.25) is 0 Å². The first-order valence-corrected chi connectivity index (χ1v) is 6.57. The van der Waals surface area contributed by atoms with Gasteiger partial charge in [-0.05, 0) is 18.1 Å². The predicted molar refractivity (Wildman–Crippen MR) is 75.1 cm³/mol. The SMILES string of the molecule is CCCC(CS)Cn1ncc(N(C)C)cc1=O. The molecule has 0 amide bonds. The number of aromatic nitrogens is 2. The maximum atomic E-state index is 11.8. The van der Waals surface area contributed by atoms with Crippen molar-refractivity contribution >= 4 is 18.3 Å². The van der Waals surface area contributed by atoms with E-state index in [4.69, 9.17) is 0 Å². The van der Waals surface area contributed by atoms with E-state index in [2.05, 4.69) is 24.7 Å². The molecule has 1 rings (SSSR count). The van der Waals surface area contributed by atoms with E-state index in [0.717, 1.165) is 24.3 Å². The minimum atomic E-state index is -0.0425. The largest absolute Gasteiger partial charge is 0.376 e. The van der Waals surface area contributed by atoms with E-state index in [1.165, 1.54) is 4.68 Å². The summed E-state index contributed by atoms with van der Waals surface area (Å²) in [6, 6.07) is 1.62. The Morgan fingerprint density at radius 3 is 2.71 bits per heavy atom. The Morgan fingerprint density at radius 1 is 1.53 bits per heavy atom. The summed E-state index contributed by atoms with van der Waals surface area (Å²) in [6.45, 7) is 2.80. The monoisotopic (exact) mass is 255 g/mol. The van der Waals surface area contributed by atoms with Gasteiger partial charge in [-0.25, -0.2) is 4.68 Å². The lowest BCUT2D eigenvalue weighted by Crippen LogP contribution is -2.27. The van der Waals surface area contributed by atoms with E-state index in [-0.39, 0.29) is 5.56 Å². The van der Waals surface area contributed by atoms with Crippen molar-refractivity contribution in [3.8, 4) is 0 Å². The molecule has 0 bridgehead atoms. The number of nitrogens with zero attached hydrogens (tertiary/aromatic N) is 3. The second-order valence-corrected chi connectivity index (χ2v) is 4.83. The first kappa shape index (κ1) is 14.1. The molecule has 5 heteroatoms. The highest BCUT2D eigenvalue weighted by Crippen LogP contribution is 2.10. The Labute approximate surface area is 108 Å². The number of anilines is 1. The van der Waals surface area contributed by atoms with Crippen LogP contribution in [0.1, 0.15) is 19.8 Å². The van der Waals surface area contributed by atoms with Gasteiger partial charge in [0.25, 0.3) is 5.56 Å². The lowest BCUT2D eigenvalue weighted by molar-refractivity contribution is 0.414. The zero-order valence-corrected chi connectivity index (χ0v) is 11.7. The zero-order valence-electron chi connectivity index (χ0n) is 10.8. The molecule has 1 aromatic rings. The number of rotatable bonds is 6. The topological polar surface area (TPSA) is 38.1 Å². The third-order valence-electron chi connectivity index (χ3n) is 2.76. The predicted octanol–water partition coefficient (Wildman–Crippen LogP) is 1.66. The molecule has 96 valence electrons. The molecular weight excluding hydrogens is 234 g/mol. The molecule has 0 saturated heterocycles. The Kier molecular flexibility index (Phi) is 5.55. The van der Waals surface area contributed by atoms with E-state index < -0.39 is 0 Å². The first-order valence-electron chi connectivity index (χ1n) is 5.93. The van der Waals surface area contributed by atoms with Crippen LogP contribution in [0.4, 0.5) is 5.69 Å². The van der Waals surface area contributed by atoms with Crippen molar-refractivity contribution in [3.05, 3.63) is 22.6 Å². The summed E-state index contributed by atoms with van der Waals surface area (Å²) >= 11 is 4.32. The van der Waals surface area contributed by atoms with Gasteiger partial charge in [-0.15, -0.1) is 0 Å². The van der Waals surface area contributed by atoms with Crippen LogP contribution in [-0.4, -0.2) is 29.6 Å². The van der Waals surface area contributed by atoms with E-state index in [0.29, 0.717) is 12.5 Å². The van der Waals surface area contributed by atoms with Crippen molar-refractivity contribution in [1.29, 1.82) is 0 Å². The quantitative estimate of drug-likeness (QED) is 0.786. The van der Waals surface area contributed by atoms with Crippen molar-refractivity contribution in [2.45, 2.75) is 26.3 Å². The Balaban J connectivity index is 2.82. The van der Waals surface area contributed by atoms with Gasteiger partial charge < -0.3 is 4.90 Å². The van der Waals surface area contributed by atoms with E-state index in [1.807, 2.05) is 19.0 Å². The van der Waals surface area contributed by atoms with Gasteiger partial charge in [0.2, 0.25) is 0 Å². The number of hydrogen-bond donors (Lipinski definition) is 1. The summed E-state index contributed by atoms with van der Waals surface area (Å²) in [5.74, 6) is 1.20. The fourth-order valence-corrected chi connectivity index (χ4v) is 2.00. The van der Waals surface area contributed by atoms with Crippen LogP contribution < -0.4 is 10.5 Å². The lowest BCUT2D eigenvalue weighted by atomic mass is 10.1. The van der Waals surface area contributed by atoms with Gasteiger partial charge in [-0.1, -0.05) is 13.3 Å². The Morgan fingerprint density at radius 2 is 2.24 bits per heavy atom. The smallest absolute Gasteiger partial charge is 0.268 e. The van der Waals surface area contributed by atoms with Gasteiger partial charge in [0.1, 0.15) is 0 Å². The molecule has 1 atom stereocenters. The van der Waals surface area contributed by atoms with Gasteiger partial charge in [0.05, 0.1) is 11.9 Å². The van der Waals surface area contributed by atoms with E-state index in [1.54, 1.807) is 12.3 Å².